The molecule has 0 aliphatic carbocycles. The summed E-state index contributed by atoms with van der Waals surface area (Å²) in [5.74, 6) is -2.44. The van der Waals surface area contributed by atoms with Crippen LogP contribution in [0.4, 0.5) is 18.9 Å². The van der Waals surface area contributed by atoms with Crippen molar-refractivity contribution in [2.75, 3.05) is 12.4 Å². The number of rotatable bonds is 2. The van der Waals surface area contributed by atoms with Gasteiger partial charge >= 0.3 is 12.3 Å². The van der Waals surface area contributed by atoms with E-state index in [-0.39, 0.29) is 16.8 Å². The number of methoxy groups -OCH3 is 1. The van der Waals surface area contributed by atoms with Gasteiger partial charge in [-0.2, -0.15) is 5.26 Å². The van der Waals surface area contributed by atoms with E-state index in [1.165, 1.54) is 12.1 Å². The zero-order valence-electron chi connectivity index (χ0n) is 10.9. The molecular formula is C13H7F3N2O4. The van der Waals surface area contributed by atoms with Crippen LogP contribution in [0.3, 0.4) is 0 Å². The van der Waals surface area contributed by atoms with Gasteiger partial charge in [-0.3, -0.25) is 4.79 Å². The summed E-state index contributed by atoms with van der Waals surface area (Å²) in [7, 11) is 1.01. The summed E-state index contributed by atoms with van der Waals surface area (Å²) in [6.45, 7) is 0. The molecule has 1 aliphatic heterocycles. The zero-order chi connectivity index (χ0) is 16.5. The van der Waals surface area contributed by atoms with Crippen LogP contribution in [0, 0.1) is 11.3 Å². The number of hydrogen-bond acceptors (Lipinski definition) is 5. The number of benzene rings is 1. The van der Waals surface area contributed by atoms with Gasteiger partial charge in [0, 0.05) is 11.3 Å². The summed E-state index contributed by atoms with van der Waals surface area (Å²) in [5.41, 5.74) is -0.861. The average Bonchev–Trinajstić information content (AvgIpc) is 2.74. The highest BCUT2D eigenvalue weighted by Gasteiger charge is 2.34. The Labute approximate surface area is 121 Å². The fourth-order valence-electron chi connectivity index (χ4n) is 1.90. The highest BCUT2D eigenvalue weighted by atomic mass is 19.4. The van der Waals surface area contributed by atoms with Crippen molar-refractivity contribution >= 4 is 23.1 Å². The van der Waals surface area contributed by atoms with Crippen LogP contribution < -0.4 is 10.1 Å². The van der Waals surface area contributed by atoms with Gasteiger partial charge in [0.05, 0.1) is 12.7 Å². The van der Waals surface area contributed by atoms with Gasteiger partial charge in [-0.1, -0.05) is 0 Å². The maximum atomic E-state index is 12.2. The second kappa shape index (κ2) is 5.40. The first kappa shape index (κ1) is 15.4. The Morgan fingerprint density at radius 3 is 2.59 bits per heavy atom. The van der Waals surface area contributed by atoms with Crippen LogP contribution >= 0.6 is 0 Å². The molecule has 0 atom stereocenters. The third-order valence-electron chi connectivity index (χ3n) is 2.72. The van der Waals surface area contributed by atoms with Crippen molar-refractivity contribution in [1.82, 2.24) is 0 Å². The minimum absolute atomic E-state index is 0.0475. The lowest BCUT2D eigenvalue weighted by atomic mass is 10.0. The van der Waals surface area contributed by atoms with E-state index < -0.39 is 29.6 Å². The van der Waals surface area contributed by atoms with Gasteiger partial charge in [-0.05, 0) is 18.2 Å². The number of fused-ring (bicyclic) bond motifs is 1. The molecule has 9 heteroatoms. The number of nitriles is 1. The number of carbonyl (C=O) groups is 2. The molecule has 2 rings (SSSR count). The molecule has 22 heavy (non-hydrogen) atoms. The van der Waals surface area contributed by atoms with Gasteiger partial charge in [-0.15, -0.1) is 13.2 Å². The number of ether oxygens (including phenoxy) is 2. The third-order valence-corrected chi connectivity index (χ3v) is 2.72. The summed E-state index contributed by atoms with van der Waals surface area (Å²) in [6.07, 6.45) is -4.91. The van der Waals surface area contributed by atoms with Gasteiger partial charge in [-0.25, -0.2) is 4.79 Å². The molecule has 0 saturated heterocycles. The molecule has 1 heterocycles. The average molecular weight is 312 g/mol. The Balaban J connectivity index is 2.58. The molecule has 0 aromatic heterocycles. The molecule has 0 bridgehead atoms. The number of anilines is 1. The smallest absolute Gasteiger partial charge is 0.465 e. The molecule has 0 spiro atoms. The number of alkyl halides is 3. The van der Waals surface area contributed by atoms with E-state index in [1.807, 2.05) is 0 Å². The largest absolute Gasteiger partial charge is 0.573 e. The monoisotopic (exact) mass is 312 g/mol. The first-order valence-corrected chi connectivity index (χ1v) is 5.71. The molecule has 114 valence electrons. The normalized spacial score (nSPS) is 15.5. The highest BCUT2D eigenvalue weighted by Crippen LogP contribution is 2.37. The quantitative estimate of drug-likeness (QED) is 0.512. The van der Waals surface area contributed by atoms with E-state index in [0.717, 1.165) is 19.2 Å². The van der Waals surface area contributed by atoms with Crippen LogP contribution in [-0.4, -0.2) is 25.3 Å². The lowest BCUT2D eigenvalue weighted by Gasteiger charge is -2.10. The SMILES string of the molecule is COC(=O)C(C#N)=C1C(=O)Nc2ccc(OC(F)(F)F)cc21. The second-order valence-electron chi connectivity index (χ2n) is 4.06. The number of carbonyl (C=O) groups excluding carboxylic acids is 2. The van der Waals surface area contributed by atoms with Crippen molar-refractivity contribution < 1.29 is 32.2 Å². The van der Waals surface area contributed by atoms with E-state index in [9.17, 15) is 22.8 Å². The molecule has 0 unspecified atom stereocenters. The van der Waals surface area contributed by atoms with Crippen molar-refractivity contribution in [3.63, 3.8) is 0 Å². The van der Waals surface area contributed by atoms with Crippen LogP contribution in [0.15, 0.2) is 23.8 Å². The van der Waals surface area contributed by atoms with Crippen molar-refractivity contribution in [3.8, 4) is 11.8 Å². The maximum Gasteiger partial charge on any atom is 0.573 e. The van der Waals surface area contributed by atoms with Crippen LogP contribution in [0.5, 0.6) is 5.75 Å². The minimum Gasteiger partial charge on any atom is -0.465 e. The molecule has 0 radical (unpaired) electrons. The predicted molar refractivity (Wildman–Crippen MR) is 66.3 cm³/mol. The van der Waals surface area contributed by atoms with Gasteiger partial charge in [0.25, 0.3) is 5.91 Å². The molecule has 1 aliphatic rings. The fraction of sp³-hybridized carbons (Fsp3) is 0.154. The summed E-state index contributed by atoms with van der Waals surface area (Å²) >= 11 is 0. The summed E-state index contributed by atoms with van der Waals surface area (Å²) in [6, 6.07) is 4.60. The zero-order valence-corrected chi connectivity index (χ0v) is 10.9. The Morgan fingerprint density at radius 1 is 1.36 bits per heavy atom. The number of hydrogen-bond donors (Lipinski definition) is 1. The molecule has 1 aromatic rings. The molecule has 1 aromatic carbocycles. The Kier molecular flexibility index (Phi) is 3.77. The first-order valence-electron chi connectivity index (χ1n) is 5.71. The van der Waals surface area contributed by atoms with Gasteiger partial charge in [0.15, 0.2) is 5.57 Å². The van der Waals surface area contributed by atoms with E-state index >= 15 is 0 Å². The van der Waals surface area contributed by atoms with Crippen LogP contribution in [0.25, 0.3) is 5.57 Å². The number of amides is 1. The molecular weight excluding hydrogens is 305 g/mol. The Bertz CT molecular complexity index is 732. The van der Waals surface area contributed by atoms with Crippen LogP contribution in [0.2, 0.25) is 0 Å². The van der Waals surface area contributed by atoms with Gasteiger partial charge in [0.1, 0.15) is 11.8 Å². The number of esters is 1. The second-order valence-corrected chi connectivity index (χ2v) is 4.06. The molecule has 1 amide bonds. The maximum absolute atomic E-state index is 12.2. The van der Waals surface area contributed by atoms with E-state index in [2.05, 4.69) is 14.8 Å². The fourth-order valence-corrected chi connectivity index (χ4v) is 1.90. The van der Waals surface area contributed by atoms with Gasteiger partial charge < -0.3 is 14.8 Å². The van der Waals surface area contributed by atoms with E-state index in [0.29, 0.717) is 0 Å². The van der Waals surface area contributed by atoms with Gasteiger partial charge in [0.2, 0.25) is 0 Å². The van der Waals surface area contributed by atoms with Crippen LogP contribution in [-0.2, 0) is 14.3 Å². The highest BCUT2D eigenvalue weighted by molar-refractivity contribution is 6.35. The van der Waals surface area contributed by atoms with Crippen molar-refractivity contribution in [3.05, 3.63) is 29.3 Å². The minimum atomic E-state index is -4.91. The Hall–Kier alpha value is -3.02. The lowest BCUT2D eigenvalue weighted by molar-refractivity contribution is -0.274. The predicted octanol–water partition coefficient (Wildman–Crippen LogP) is 1.99. The summed E-state index contributed by atoms with van der Waals surface area (Å²) in [5, 5.41) is 11.3. The Morgan fingerprint density at radius 2 is 2.05 bits per heavy atom. The molecule has 0 saturated carbocycles. The van der Waals surface area contributed by atoms with E-state index in [1.54, 1.807) is 0 Å². The standard InChI is InChI=1S/C13H7F3N2O4/c1-21-12(20)8(5-17)10-7-4-6(22-13(14,15)16)2-3-9(7)18-11(10)19/h2-4H,1H3,(H,18,19). The molecule has 6 nitrogen and oxygen atoms in total. The number of nitrogens with zero attached hydrogens (tertiary/aromatic N) is 1. The summed E-state index contributed by atoms with van der Waals surface area (Å²) < 4.78 is 44.8. The van der Waals surface area contributed by atoms with E-state index in [4.69, 9.17) is 5.26 Å². The molecule has 1 N–H and O–H groups in total. The first-order chi connectivity index (χ1) is 10.3. The molecule has 0 fully saturated rings. The van der Waals surface area contributed by atoms with Crippen molar-refractivity contribution in [1.29, 1.82) is 5.26 Å². The number of nitrogens with one attached hydrogen (secondary N) is 1. The topological polar surface area (TPSA) is 88.4 Å². The summed E-state index contributed by atoms with van der Waals surface area (Å²) in [4.78, 5) is 23.4. The van der Waals surface area contributed by atoms with Crippen LogP contribution in [0.1, 0.15) is 5.56 Å². The number of halogens is 3. The van der Waals surface area contributed by atoms with Crippen molar-refractivity contribution in [2.24, 2.45) is 0 Å². The van der Waals surface area contributed by atoms with Crippen molar-refractivity contribution in [2.45, 2.75) is 6.36 Å². The third kappa shape index (κ3) is 2.85. The lowest BCUT2D eigenvalue weighted by Crippen LogP contribution is -2.17.